The van der Waals surface area contributed by atoms with Crippen LogP contribution in [0.3, 0.4) is 0 Å². The number of rotatable bonds is 12. The molecule has 186 valence electrons. The lowest BCUT2D eigenvalue weighted by Gasteiger charge is -2.51. The van der Waals surface area contributed by atoms with Crippen LogP contribution < -0.4 is 5.11 Å². The van der Waals surface area contributed by atoms with E-state index in [0.717, 1.165) is 38.0 Å². The highest BCUT2D eigenvalue weighted by atomic mass is 16.5. The van der Waals surface area contributed by atoms with Gasteiger partial charge in [-0.25, -0.2) is 0 Å². The van der Waals surface area contributed by atoms with Crippen molar-refractivity contribution >= 4 is 0 Å². The molecule has 0 amide bonds. The van der Waals surface area contributed by atoms with Gasteiger partial charge < -0.3 is 14.9 Å². The first-order valence-electron chi connectivity index (χ1n) is 13.4. The predicted molar refractivity (Wildman–Crippen MR) is 133 cm³/mol. The highest BCUT2D eigenvalue weighted by molar-refractivity contribution is 4.99. The number of aliphatic hydroxyl groups is 1. The summed E-state index contributed by atoms with van der Waals surface area (Å²) in [5, 5.41) is 21.6. The van der Waals surface area contributed by atoms with E-state index in [1.807, 2.05) is 6.92 Å². The topological polar surface area (TPSA) is 52.5 Å². The van der Waals surface area contributed by atoms with Gasteiger partial charge in [-0.3, -0.25) is 0 Å². The SMILES string of the molecule is C=C([O-])C(C)CC/C=C(\C)CCCC(C)CCCC1(C)CCC2CC(O)C(C)C(C)C2O1. The van der Waals surface area contributed by atoms with Gasteiger partial charge in [0.25, 0.3) is 0 Å². The molecule has 0 aromatic rings. The molecule has 8 unspecified atom stereocenters. The number of ether oxygens (including phenoxy) is 1. The molecule has 1 saturated carbocycles. The van der Waals surface area contributed by atoms with E-state index in [2.05, 4.69) is 47.3 Å². The summed E-state index contributed by atoms with van der Waals surface area (Å²) < 4.78 is 6.73. The summed E-state index contributed by atoms with van der Waals surface area (Å²) in [7, 11) is 0. The predicted octanol–water partition coefficient (Wildman–Crippen LogP) is 6.79. The van der Waals surface area contributed by atoms with Gasteiger partial charge >= 0.3 is 0 Å². The molecule has 1 aliphatic heterocycles. The van der Waals surface area contributed by atoms with Crippen molar-refractivity contribution in [2.75, 3.05) is 0 Å². The number of hydrogen-bond donors (Lipinski definition) is 1. The third-order valence-corrected chi connectivity index (χ3v) is 8.74. The fourth-order valence-corrected chi connectivity index (χ4v) is 5.83. The van der Waals surface area contributed by atoms with Crippen molar-refractivity contribution in [2.24, 2.45) is 29.6 Å². The zero-order valence-electron chi connectivity index (χ0n) is 21.9. The van der Waals surface area contributed by atoms with Crippen LogP contribution in [-0.4, -0.2) is 22.9 Å². The monoisotopic (exact) mass is 447 g/mol. The maximum Gasteiger partial charge on any atom is 0.0658 e. The third kappa shape index (κ3) is 8.20. The van der Waals surface area contributed by atoms with Gasteiger partial charge in [0.05, 0.1) is 17.8 Å². The molecular formula is C29H51O3-. The molecule has 2 aliphatic rings. The van der Waals surface area contributed by atoms with Crippen molar-refractivity contribution in [3.05, 3.63) is 24.0 Å². The molecule has 32 heavy (non-hydrogen) atoms. The van der Waals surface area contributed by atoms with Crippen LogP contribution >= 0.6 is 0 Å². The lowest BCUT2D eigenvalue weighted by Crippen LogP contribution is -2.52. The zero-order valence-corrected chi connectivity index (χ0v) is 21.9. The molecule has 8 atom stereocenters. The second-order valence-electron chi connectivity index (χ2n) is 11.7. The average molecular weight is 448 g/mol. The molecule has 0 aromatic carbocycles. The summed E-state index contributed by atoms with van der Waals surface area (Å²) in [6.07, 6.45) is 15.0. The van der Waals surface area contributed by atoms with Gasteiger partial charge in [-0.15, -0.1) is 12.3 Å². The normalized spacial score (nSPS) is 35.2. The average Bonchev–Trinajstić information content (AvgIpc) is 2.72. The number of allylic oxidation sites excluding steroid dienone is 3. The van der Waals surface area contributed by atoms with Gasteiger partial charge in [-0.1, -0.05) is 58.6 Å². The van der Waals surface area contributed by atoms with Crippen molar-refractivity contribution in [1.29, 1.82) is 0 Å². The minimum atomic E-state index is -0.153. The van der Waals surface area contributed by atoms with E-state index < -0.39 is 0 Å². The van der Waals surface area contributed by atoms with Gasteiger partial charge in [-0.05, 0) is 94.8 Å². The first kappa shape index (κ1) is 27.4. The standard InChI is InChI=1S/C29H52O3/c1-20(13-9-15-22(3)25(6)30)11-8-12-21(2)14-10-17-29(7)18-16-26-19-27(31)23(4)24(5)28(26)32-29/h13,21-24,26-28,30-31H,6,8-12,14-19H2,1-5,7H3/p-1/b20-13+. The Morgan fingerprint density at radius 1 is 1.19 bits per heavy atom. The van der Waals surface area contributed by atoms with Crippen LogP contribution in [0.2, 0.25) is 0 Å². The van der Waals surface area contributed by atoms with Crippen LogP contribution in [0, 0.1) is 29.6 Å². The summed E-state index contributed by atoms with van der Waals surface area (Å²) in [5.74, 6) is 2.22. The van der Waals surface area contributed by atoms with Crippen molar-refractivity contribution in [3.63, 3.8) is 0 Å². The minimum absolute atomic E-state index is 0.0169. The first-order chi connectivity index (χ1) is 15.0. The lowest BCUT2D eigenvalue weighted by molar-refractivity contribution is -0.313. The summed E-state index contributed by atoms with van der Waals surface area (Å²) in [6.45, 7) is 16.9. The maximum absolute atomic E-state index is 11.2. The van der Waals surface area contributed by atoms with Crippen molar-refractivity contribution < 1.29 is 14.9 Å². The van der Waals surface area contributed by atoms with E-state index in [0.29, 0.717) is 23.9 Å². The molecule has 3 nitrogen and oxygen atoms in total. The van der Waals surface area contributed by atoms with E-state index in [1.165, 1.54) is 44.1 Å². The smallest absolute Gasteiger partial charge is 0.0658 e. The fourth-order valence-electron chi connectivity index (χ4n) is 5.83. The summed E-state index contributed by atoms with van der Waals surface area (Å²) in [6, 6.07) is 0. The summed E-state index contributed by atoms with van der Waals surface area (Å²) in [4.78, 5) is 0. The third-order valence-electron chi connectivity index (χ3n) is 8.74. The molecule has 0 spiro atoms. The van der Waals surface area contributed by atoms with E-state index in [-0.39, 0.29) is 23.4 Å². The maximum atomic E-state index is 11.2. The van der Waals surface area contributed by atoms with Crippen molar-refractivity contribution in [1.82, 2.24) is 0 Å². The van der Waals surface area contributed by atoms with Crippen LogP contribution in [-0.2, 0) is 4.74 Å². The summed E-state index contributed by atoms with van der Waals surface area (Å²) >= 11 is 0. The van der Waals surface area contributed by atoms with Crippen molar-refractivity contribution in [2.45, 2.75) is 130 Å². The number of hydrogen-bond acceptors (Lipinski definition) is 3. The Bertz CT molecular complexity index is 610. The van der Waals surface area contributed by atoms with E-state index >= 15 is 0 Å². The molecular weight excluding hydrogens is 396 g/mol. The van der Waals surface area contributed by atoms with E-state index in [1.54, 1.807) is 0 Å². The highest BCUT2D eigenvalue weighted by Gasteiger charge is 2.46. The van der Waals surface area contributed by atoms with E-state index in [4.69, 9.17) is 4.74 Å². The van der Waals surface area contributed by atoms with Crippen molar-refractivity contribution in [3.8, 4) is 0 Å². The molecule has 1 heterocycles. The second-order valence-corrected chi connectivity index (χ2v) is 11.7. The largest absolute Gasteiger partial charge is 0.876 e. The molecule has 1 N–H and O–H groups in total. The molecule has 0 aromatic heterocycles. The highest BCUT2D eigenvalue weighted by Crippen LogP contribution is 2.46. The first-order valence-corrected chi connectivity index (χ1v) is 13.4. The molecule has 2 fully saturated rings. The second kappa shape index (κ2) is 12.6. The molecule has 0 radical (unpaired) electrons. The Kier molecular flexibility index (Phi) is 10.8. The quantitative estimate of drug-likeness (QED) is 0.265. The van der Waals surface area contributed by atoms with Crippen LogP contribution in [0.4, 0.5) is 0 Å². The molecule has 0 bridgehead atoms. The number of fused-ring (bicyclic) bond motifs is 1. The molecule has 1 aliphatic carbocycles. The Balaban J connectivity index is 1.64. The minimum Gasteiger partial charge on any atom is -0.876 e. The van der Waals surface area contributed by atoms with Crippen LogP contribution in [0.15, 0.2) is 24.0 Å². The zero-order chi connectivity index (χ0) is 23.9. The Morgan fingerprint density at radius 3 is 2.56 bits per heavy atom. The Morgan fingerprint density at radius 2 is 1.88 bits per heavy atom. The fraction of sp³-hybridized carbons (Fsp3) is 0.862. The van der Waals surface area contributed by atoms with Gasteiger partial charge in [0.2, 0.25) is 0 Å². The van der Waals surface area contributed by atoms with Crippen LogP contribution in [0.25, 0.3) is 0 Å². The molecule has 2 rings (SSSR count). The molecule has 1 saturated heterocycles. The van der Waals surface area contributed by atoms with Gasteiger partial charge in [0.15, 0.2) is 0 Å². The van der Waals surface area contributed by atoms with Crippen LogP contribution in [0.5, 0.6) is 0 Å². The Hall–Kier alpha value is -0.800. The van der Waals surface area contributed by atoms with Gasteiger partial charge in [-0.2, -0.15) is 0 Å². The number of aliphatic hydroxyl groups excluding tert-OH is 1. The van der Waals surface area contributed by atoms with Gasteiger partial charge in [0.1, 0.15) is 0 Å². The summed E-state index contributed by atoms with van der Waals surface area (Å²) in [5.41, 5.74) is 1.47. The van der Waals surface area contributed by atoms with E-state index in [9.17, 15) is 10.2 Å². The lowest BCUT2D eigenvalue weighted by atomic mass is 9.67. The van der Waals surface area contributed by atoms with Crippen LogP contribution in [0.1, 0.15) is 112 Å². The molecule has 3 heteroatoms. The van der Waals surface area contributed by atoms with Gasteiger partial charge in [0, 0.05) is 0 Å². The Labute approximate surface area is 198 Å².